The second kappa shape index (κ2) is 9.50. The standard InChI is InChI=1S/C16H31N3O4/c1-7-11-18(14(21)17-16(4,5)6)15(22)19(23)13(20)10-8-9-12(2)3/h12,23H,7-11H2,1-6H3,(H,17,21). The first-order chi connectivity index (χ1) is 10.5. The summed E-state index contributed by atoms with van der Waals surface area (Å²) in [6.07, 6.45) is 2.01. The van der Waals surface area contributed by atoms with Gasteiger partial charge in [0, 0.05) is 18.5 Å². The minimum atomic E-state index is -1.01. The second-order valence-corrected chi connectivity index (χ2v) is 7.11. The van der Waals surface area contributed by atoms with E-state index in [4.69, 9.17) is 0 Å². The molecular weight excluding hydrogens is 298 g/mol. The molecule has 0 rings (SSSR count). The number of hydrogen-bond acceptors (Lipinski definition) is 4. The first-order valence-electron chi connectivity index (χ1n) is 8.15. The lowest BCUT2D eigenvalue weighted by Crippen LogP contribution is -2.54. The summed E-state index contributed by atoms with van der Waals surface area (Å²) in [4.78, 5) is 37.1. The van der Waals surface area contributed by atoms with Crippen molar-refractivity contribution in [2.24, 2.45) is 5.92 Å². The average molecular weight is 329 g/mol. The summed E-state index contributed by atoms with van der Waals surface area (Å²) in [6.45, 7) is 11.3. The number of imide groups is 2. The van der Waals surface area contributed by atoms with E-state index in [1.54, 1.807) is 27.7 Å². The molecule has 134 valence electrons. The predicted molar refractivity (Wildman–Crippen MR) is 88.0 cm³/mol. The topological polar surface area (TPSA) is 90.0 Å². The first-order valence-corrected chi connectivity index (χ1v) is 8.15. The van der Waals surface area contributed by atoms with E-state index in [0.29, 0.717) is 18.8 Å². The van der Waals surface area contributed by atoms with Gasteiger partial charge < -0.3 is 5.32 Å². The van der Waals surface area contributed by atoms with E-state index in [2.05, 4.69) is 5.32 Å². The van der Waals surface area contributed by atoms with Gasteiger partial charge in [-0.05, 0) is 39.5 Å². The van der Waals surface area contributed by atoms with Gasteiger partial charge in [0.05, 0.1) is 0 Å². The zero-order valence-corrected chi connectivity index (χ0v) is 15.2. The highest BCUT2D eigenvalue weighted by atomic mass is 16.5. The quantitative estimate of drug-likeness (QED) is 0.577. The number of nitrogens with one attached hydrogen (secondary N) is 1. The van der Waals surface area contributed by atoms with Crippen molar-refractivity contribution in [1.82, 2.24) is 15.3 Å². The lowest BCUT2D eigenvalue weighted by molar-refractivity contribution is -0.154. The van der Waals surface area contributed by atoms with Crippen molar-refractivity contribution in [2.75, 3.05) is 6.54 Å². The second-order valence-electron chi connectivity index (χ2n) is 7.11. The van der Waals surface area contributed by atoms with E-state index in [1.165, 1.54) is 0 Å². The van der Waals surface area contributed by atoms with Gasteiger partial charge in [0.1, 0.15) is 0 Å². The Morgan fingerprint density at radius 1 is 1.17 bits per heavy atom. The molecule has 5 amide bonds. The number of hydrogen-bond donors (Lipinski definition) is 2. The van der Waals surface area contributed by atoms with Crippen LogP contribution >= 0.6 is 0 Å². The van der Waals surface area contributed by atoms with Crippen molar-refractivity contribution in [3.8, 4) is 0 Å². The highest BCUT2D eigenvalue weighted by molar-refractivity contribution is 6.00. The minimum absolute atomic E-state index is 0.0538. The van der Waals surface area contributed by atoms with Crippen molar-refractivity contribution in [1.29, 1.82) is 0 Å². The summed E-state index contributed by atoms with van der Waals surface area (Å²) < 4.78 is 0. The highest BCUT2D eigenvalue weighted by Crippen LogP contribution is 2.10. The number of amides is 5. The Morgan fingerprint density at radius 3 is 2.17 bits per heavy atom. The van der Waals surface area contributed by atoms with Crippen LogP contribution in [0.2, 0.25) is 0 Å². The van der Waals surface area contributed by atoms with Crippen LogP contribution in [0.15, 0.2) is 0 Å². The Hall–Kier alpha value is -1.63. The third-order valence-electron chi connectivity index (χ3n) is 2.99. The summed E-state index contributed by atoms with van der Waals surface area (Å²) in [5.74, 6) is -0.250. The highest BCUT2D eigenvalue weighted by Gasteiger charge is 2.30. The Kier molecular flexibility index (Phi) is 8.82. The van der Waals surface area contributed by atoms with Crippen LogP contribution in [-0.4, -0.2) is 45.2 Å². The lowest BCUT2D eigenvalue weighted by atomic mass is 10.1. The summed E-state index contributed by atoms with van der Waals surface area (Å²) in [5.41, 5.74) is -0.523. The molecule has 2 N–H and O–H groups in total. The van der Waals surface area contributed by atoms with Gasteiger partial charge in [-0.25, -0.2) is 14.5 Å². The van der Waals surface area contributed by atoms with Crippen LogP contribution in [0.1, 0.15) is 67.2 Å². The third kappa shape index (κ3) is 8.54. The zero-order valence-electron chi connectivity index (χ0n) is 15.2. The third-order valence-corrected chi connectivity index (χ3v) is 2.99. The molecule has 0 fully saturated rings. The molecule has 0 spiro atoms. The molecule has 0 radical (unpaired) electrons. The van der Waals surface area contributed by atoms with Crippen molar-refractivity contribution in [2.45, 2.75) is 72.8 Å². The molecule has 0 saturated heterocycles. The predicted octanol–water partition coefficient (Wildman–Crippen LogP) is 3.37. The maximum absolute atomic E-state index is 12.2. The van der Waals surface area contributed by atoms with Gasteiger partial charge >= 0.3 is 12.1 Å². The van der Waals surface area contributed by atoms with Gasteiger partial charge in [-0.1, -0.05) is 27.2 Å². The SMILES string of the molecule is CCCN(C(=O)NC(C)(C)C)C(=O)N(O)C(=O)CCCC(C)C. The number of hydroxylamine groups is 2. The van der Waals surface area contributed by atoms with Gasteiger partial charge in [0.2, 0.25) is 0 Å². The van der Waals surface area contributed by atoms with Gasteiger partial charge in [0.15, 0.2) is 0 Å². The Bertz CT molecular complexity index is 416. The smallest absolute Gasteiger partial charge is 0.333 e. The fraction of sp³-hybridized carbons (Fsp3) is 0.812. The van der Waals surface area contributed by atoms with E-state index in [1.807, 2.05) is 13.8 Å². The van der Waals surface area contributed by atoms with Crippen LogP contribution in [0, 0.1) is 5.92 Å². The van der Waals surface area contributed by atoms with Gasteiger partial charge in [-0.2, -0.15) is 0 Å². The molecule has 0 aromatic rings. The van der Waals surface area contributed by atoms with Crippen molar-refractivity contribution >= 4 is 18.0 Å². The maximum atomic E-state index is 12.2. The molecule has 0 heterocycles. The average Bonchev–Trinajstić information content (AvgIpc) is 2.40. The molecule has 0 aromatic carbocycles. The molecule has 7 heteroatoms. The Balaban J connectivity index is 4.81. The Labute approximate surface area is 139 Å². The van der Waals surface area contributed by atoms with Gasteiger partial charge in [-0.15, -0.1) is 5.06 Å². The normalized spacial score (nSPS) is 11.3. The molecule has 23 heavy (non-hydrogen) atoms. The first kappa shape index (κ1) is 21.4. The molecule has 0 aliphatic carbocycles. The summed E-state index contributed by atoms with van der Waals surface area (Å²) >= 11 is 0. The van der Waals surface area contributed by atoms with Crippen LogP contribution in [0.25, 0.3) is 0 Å². The fourth-order valence-corrected chi connectivity index (χ4v) is 1.88. The van der Waals surface area contributed by atoms with Gasteiger partial charge in [0.25, 0.3) is 5.91 Å². The molecule has 0 atom stereocenters. The summed E-state index contributed by atoms with van der Waals surface area (Å²) in [5, 5.41) is 12.5. The van der Waals surface area contributed by atoms with E-state index in [9.17, 15) is 19.6 Å². The van der Waals surface area contributed by atoms with E-state index < -0.39 is 23.5 Å². The molecule has 0 unspecified atom stereocenters. The van der Waals surface area contributed by atoms with Crippen molar-refractivity contribution in [3.05, 3.63) is 0 Å². The number of urea groups is 2. The molecule has 0 saturated carbocycles. The summed E-state index contributed by atoms with van der Waals surface area (Å²) in [6, 6.07) is -1.64. The molecule has 0 bridgehead atoms. The number of carbonyl (C=O) groups excluding carboxylic acids is 3. The van der Waals surface area contributed by atoms with Crippen LogP contribution in [-0.2, 0) is 4.79 Å². The lowest BCUT2D eigenvalue weighted by Gasteiger charge is -2.28. The monoisotopic (exact) mass is 329 g/mol. The molecule has 7 nitrogen and oxygen atoms in total. The van der Waals surface area contributed by atoms with E-state index >= 15 is 0 Å². The van der Waals surface area contributed by atoms with Gasteiger partial charge in [-0.3, -0.25) is 10.0 Å². The Morgan fingerprint density at radius 2 is 1.74 bits per heavy atom. The zero-order chi connectivity index (χ0) is 18.2. The molecule has 0 aliphatic rings. The molecule has 0 aromatic heterocycles. The van der Waals surface area contributed by atoms with Crippen LogP contribution in [0.4, 0.5) is 9.59 Å². The fourth-order valence-electron chi connectivity index (χ4n) is 1.88. The number of carbonyl (C=O) groups is 3. The minimum Gasteiger partial charge on any atom is -0.333 e. The van der Waals surface area contributed by atoms with Crippen molar-refractivity contribution < 1.29 is 19.6 Å². The molecular formula is C16H31N3O4. The van der Waals surface area contributed by atoms with E-state index in [-0.39, 0.29) is 18.0 Å². The number of nitrogens with zero attached hydrogens (tertiary/aromatic N) is 2. The molecule has 0 aliphatic heterocycles. The number of rotatable bonds is 6. The van der Waals surface area contributed by atoms with Crippen molar-refractivity contribution in [3.63, 3.8) is 0 Å². The summed E-state index contributed by atoms with van der Waals surface area (Å²) in [7, 11) is 0. The van der Waals surface area contributed by atoms with Crippen LogP contribution < -0.4 is 5.32 Å². The largest absolute Gasteiger partial charge is 0.359 e. The van der Waals surface area contributed by atoms with Crippen LogP contribution in [0.5, 0.6) is 0 Å². The van der Waals surface area contributed by atoms with E-state index in [0.717, 1.165) is 11.3 Å². The maximum Gasteiger partial charge on any atom is 0.359 e. The van der Waals surface area contributed by atoms with Crippen LogP contribution in [0.3, 0.4) is 0 Å².